The average molecular weight is 418 g/mol. The van der Waals surface area contributed by atoms with Crippen molar-refractivity contribution in [3.8, 4) is 0 Å². The Balaban J connectivity index is 1.53. The number of pyridine rings is 1. The van der Waals surface area contributed by atoms with Gasteiger partial charge in [-0.25, -0.2) is 13.1 Å². The Morgan fingerprint density at radius 1 is 1.36 bits per heavy atom. The highest BCUT2D eigenvalue weighted by molar-refractivity contribution is 7.91. The van der Waals surface area contributed by atoms with Crippen LogP contribution < -0.4 is 4.72 Å². The summed E-state index contributed by atoms with van der Waals surface area (Å²) in [5.74, 6) is 0.128. The maximum Gasteiger partial charge on any atom is 0.250 e. The first-order valence-electron chi connectivity index (χ1n) is 9.43. The predicted octanol–water partition coefficient (Wildman–Crippen LogP) is 2.93. The van der Waals surface area contributed by atoms with Crippen molar-refractivity contribution in [3.63, 3.8) is 0 Å². The molecule has 0 fully saturated rings. The van der Waals surface area contributed by atoms with Gasteiger partial charge in [-0.15, -0.1) is 11.3 Å². The lowest BCUT2D eigenvalue weighted by molar-refractivity contribution is -0.128. The monoisotopic (exact) mass is 417 g/mol. The molecule has 28 heavy (non-hydrogen) atoms. The largest absolute Gasteiger partial charge is 0.334 e. The molecule has 0 bridgehead atoms. The predicted molar refractivity (Wildman–Crippen MR) is 108 cm³/mol. The van der Waals surface area contributed by atoms with E-state index in [1.807, 2.05) is 18.0 Å². The Bertz CT molecular complexity index is 1030. The molecular weight excluding hydrogens is 394 g/mol. The van der Waals surface area contributed by atoms with E-state index in [2.05, 4.69) is 15.8 Å². The molecule has 6 nitrogen and oxygen atoms in total. The summed E-state index contributed by atoms with van der Waals surface area (Å²) >= 11 is 1.20. The van der Waals surface area contributed by atoms with Crippen LogP contribution in [0.3, 0.4) is 0 Å². The van der Waals surface area contributed by atoms with Crippen molar-refractivity contribution >= 4 is 27.3 Å². The Labute approximate surface area is 169 Å². The summed E-state index contributed by atoms with van der Waals surface area (Å²) in [5, 5.41) is 1.75. The molecule has 2 aromatic heterocycles. The number of nitrogens with one attached hydrogen (secondary N) is 1. The van der Waals surface area contributed by atoms with E-state index in [9.17, 15) is 13.2 Å². The normalized spacial score (nSPS) is 16.8. The Morgan fingerprint density at radius 3 is 2.93 bits per heavy atom. The van der Waals surface area contributed by atoms with E-state index >= 15 is 0 Å². The van der Waals surface area contributed by atoms with Gasteiger partial charge in [0.15, 0.2) is 0 Å². The molecule has 2 aromatic rings. The van der Waals surface area contributed by atoms with Crippen LogP contribution >= 0.6 is 11.3 Å². The van der Waals surface area contributed by atoms with Crippen molar-refractivity contribution in [3.05, 3.63) is 57.7 Å². The van der Waals surface area contributed by atoms with Gasteiger partial charge in [0.2, 0.25) is 15.9 Å². The lowest BCUT2D eigenvalue weighted by Crippen LogP contribution is -2.37. The number of aryl methyl sites for hydroxylation is 1. The number of allylic oxidation sites excluding steroid dienone is 1. The molecule has 8 heteroatoms. The van der Waals surface area contributed by atoms with Gasteiger partial charge in [-0.2, -0.15) is 0 Å². The molecule has 0 saturated heterocycles. The number of rotatable bonds is 5. The van der Waals surface area contributed by atoms with Crippen molar-refractivity contribution in [2.24, 2.45) is 0 Å². The number of carbonyl (C=O) groups is 1. The molecule has 0 saturated carbocycles. The van der Waals surface area contributed by atoms with Gasteiger partial charge in [-0.1, -0.05) is 12.1 Å². The third-order valence-electron chi connectivity index (χ3n) is 5.40. The molecule has 0 aromatic carbocycles. The van der Waals surface area contributed by atoms with Gasteiger partial charge in [0.05, 0.1) is 0 Å². The van der Waals surface area contributed by atoms with Crippen LogP contribution in [0.2, 0.25) is 0 Å². The van der Waals surface area contributed by atoms with Crippen LogP contribution in [0.5, 0.6) is 0 Å². The van der Waals surface area contributed by atoms with Crippen LogP contribution in [0.1, 0.15) is 41.6 Å². The topological polar surface area (TPSA) is 79.4 Å². The van der Waals surface area contributed by atoms with Crippen LogP contribution in [-0.4, -0.2) is 30.8 Å². The minimum atomic E-state index is -3.52. The van der Waals surface area contributed by atoms with Crippen LogP contribution in [-0.2, 0) is 34.3 Å². The van der Waals surface area contributed by atoms with Crippen molar-refractivity contribution in [2.75, 3.05) is 6.54 Å². The van der Waals surface area contributed by atoms with Crippen molar-refractivity contribution in [1.29, 1.82) is 0 Å². The van der Waals surface area contributed by atoms with E-state index in [1.165, 1.54) is 11.3 Å². The lowest BCUT2D eigenvalue weighted by Gasteiger charge is -2.31. The third kappa shape index (κ3) is 3.76. The first-order chi connectivity index (χ1) is 13.5. The maximum atomic E-state index is 12.7. The second-order valence-corrected chi connectivity index (χ2v) is 10.1. The fourth-order valence-electron chi connectivity index (χ4n) is 3.85. The molecule has 0 radical (unpaired) electrons. The van der Waals surface area contributed by atoms with Gasteiger partial charge in [0.25, 0.3) is 0 Å². The minimum absolute atomic E-state index is 0.128. The highest BCUT2D eigenvalue weighted by Crippen LogP contribution is 2.27. The van der Waals surface area contributed by atoms with Gasteiger partial charge in [0, 0.05) is 37.1 Å². The number of thiophene rings is 1. The van der Waals surface area contributed by atoms with E-state index in [4.69, 9.17) is 0 Å². The molecule has 1 aliphatic heterocycles. The van der Waals surface area contributed by atoms with E-state index in [1.54, 1.807) is 17.5 Å². The number of hydrogen-bond donors (Lipinski definition) is 1. The van der Waals surface area contributed by atoms with Crippen LogP contribution in [0, 0.1) is 6.92 Å². The SMILES string of the molecule is Cc1ncc2c(c1CNS(=O)(=O)c1cccs1)CCN(C(=O)C1=CCCC1)C2. The molecule has 1 amide bonds. The van der Waals surface area contributed by atoms with Crippen molar-refractivity contribution < 1.29 is 13.2 Å². The smallest absolute Gasteiger partial charge is 0.250 e. The summed E-state index contributed by atoms with van der Waals surface area (Å²) in [7, 11) is -3.52. The molecule has 0 unspecified atom stereocenters. The van der Waals surface area contributed by atoms with Gasteiger partial charge in [0.1, 0.15) is 4.21 Å². The van der Waals surface area contributed by atoms with Crippen molar-refractivity contribution in [1.82, 2.24) is 14.6 Å². The molecular formula is C20H23N3O3S2. The molecule has 0 atom stereocenters. The summed E-state index contributed by atoms with van der Waals surface area (Å²) < 4.78 is 27.9. The van der Waals surface area contributed by atoms with Crippen LogP contribution in [0.25, 0.3) is 0 Å². The first-order valence-corrected chi connectivity index (χ1v) is 11.8. The molecule has 3 heterocycles. The fourth-order valence-corrected chi connectivity index (χ4v) is 5.89. The second kappa shape index (κ2) is 7.77. The fraction of sp³-hybridized carbons (Fsp3) is 0.400. The zero-order chi connectivity index (χ0) is 19.7. The van der Waals surface area contributed by atoms with E-state index in [-0.39, 0.29) is 12.5 Å². The molecule has 4 rings (SSSR count). The summed E-state index contributed by atoms with van der Waals surface area (Å²) in [6.45, 7) is 3.29. The average Bonchev–Trinajstić information content (AvgIpc) is 3.40. The number of amides is 1. The van der Waals surface area contributed by atoms with E-state index < -0.39 is 10.0 Å². The standard InChI is InChI=1S/C20H23N3O3S2/c1-14-18(12-22-28(25,26)19-7-4-10-27-19)17-8-9-23(13-16(17)11-21-14)20(24)15-5-2-3-6-15/h4-5,7,10-11,22H,2-3,6,8-9,12-13H2,1H3. The van der Waals surface area contributed by atoms with Gasteiger partial charge < -0.3 is 4.90 Å². The zero-order valence-electron chi connectivity index (χ0n) is 15.8. The lowest BCUT2D eigenvalue weighted by atomic mass is 9.94. The molecule has 1 N–H and O–H groups in total. The second-order valence-electron chi connectivity index (χ2n) is 7.18. The maximum absolute atomic E-state index is 12.7. The minimum Gasteiger partial charge on any atom is -0.334 e. The number of fused-ring (bicyclic) bond motifs is 1. The summed E-state index contributed by atoms with van der Waals surface area (Å²) in [4.78, 5) is 19.0. The van der Waals surface area contributed by atoms with Gasteiger partial charge in [-0.05, 0) is 60.7 Å². The number of carbonyl (C=O) groups excluding carboxylic acids is 1. The van der Waals surface area contributed by atoms with E-state index in [0.717, 1.165) is 47.2 Å². The first kappa shape index (κ1) is 19.3. The third-order valence-corrected chi connectivity index (χ3v) is 8.20. The van der Waals surface area contributed by atoms with Gasteiger partial charge >= 0.3 is 0 Å². The molecule has 148 valence electrons. The summed E-state index contributed by atoms with van der Waals surface area (Å²) in [6.07, 6.45) is 7.50. The number of nitrogens with zero attached hydrogens (tertiary/aromatic N) is 2. The highest BCUT2D eigenvalue weighted by Gasteiger charge is 2.27. The number of sulfonamides is 1. The Kier molecular flexibility index (Phi) is 5.35. The van der Waals surface area contributed by atoms with Crippen molar-refractivity contribution in [2.45, 2.75) is 49.9 Å². The number of hydrogen-bond acceptors (Lipinski definition) is 5. The van der Waals surface area contributed by atoms with Crippen LogP contribution in [0.15, 0.2) is 39.6 Å². The Morgan fingerprint density at radius 2 is 2.21 bits per heavy atom. The summed E-state index contributed by atoms with van der Waals surface area (Å²) in [6, 6.07) is 3.32. The molecule has 2 aliphatic rings. The van der Waals surface area contributed by atoms with E-state index in [0.29, 0.717) is 23.7 Å². The Hall–Kier alpha value is -2.03. The van der Waals surface area contributed by atoms with Gasteiger partial charge in [-0.3, -0.25) is 9.78 Å². The number of aromatic nitrogens is 1. The highest BCUT2D eigenvalue weighted by atomic mass is 32.2. The molecule has 1 aliphatic carbocycles. The quantitative estimate of drug-likeness (QED) is 0.811. The summed E-state index contributed by atoms with van der Waals surface area (Å²) in [5.41, 5.74) is 4.79. The zero-order valence-corrected chi connectivity index (χ0v) is 17.4. The van der Waals surface area contributed by atoms with Crippen LogP contribution in [0.4, 0.5) is 0 Å². The molecule has 0 spiro atoms.